The zero-order valence-electron chi connectivity index (χ0n) is 17.7. The second-order valence-electron chi connectivity index (χ2n) is 7.44. The first-order valence-corrected chi connectivity index (χ1v) is 10.7. The van der Waals surface area contributed by atoms with E-state index in [1.165, 1.54) is 5.56 Å². The Morgan fingerprint density at radius 1 is 1.00 bits per heavy atom. The number of fused-ring (bicyclic) bond motifs is 1. The Hall–Kier alpha value is -3.02. The Balaban J connectivity index is 1.35. The Kier molecular flexibility index (Phi) is 6.75. The van der Waals surface area contributed by atoms with Crippen LogP contribution in [0.4, 0.5) is 0 Å². The molecule has 6 heteroatoms. The molecule has 1 aromatic heterocycles. The topological polar surface area (TPSA) is 59.2 Å². The van der Waals surface area contributed by atoms with Gasteiger partial charge in [0.25, 0.3) is 0 Å². The van der Waals surface area contributed by atoms with Gasteiger partial charge in [-0.3, -0.25) is 0 Å². The SMILES string of the molecule is COc1cc(CNCCc2nc3ccccc3[nH]2)c(Cl)cc1OCc1ccccc1C. The molecular formula is C25H26ClN3O2. The number of aryl methyl sites for hydroxylation is 1. The van der Waals surface area contributed by atoms with E-state index in [4.69, 9.17) is 21.1 Å². The highest BCUT2D eigenvalue weighted by Crippen LogP contribution is 2.34. The highest BCUT2D eigenvalue weighted by Gasteiger charge is 2.12. The van der Waals surface area contributed by atoms with Crippen molar-refractivity contribution in [2.24, 2.45) is 0 Å². The summed E-state index contributed by atoms with van der Waals surface area (Å²) in [6, 6.07) is 20.0. The third-order valence-electron chi connectivity index (χ3n) is 5.27. The van der Waals surface area contributed by atoms with Gasteiger partial charge in [0.2, 0.25) is 0 Å². The molecule has 1 heterocycles. The maximum absolute atomic E-state index is 6.53. The van der Waals surface area contributed by atoms with E-state index in [0.717, 1.165) is 41.0 Å². The predicted octanol–water partition coefficient (Wildman–Crippen LogP) is 5.44. The number of hydrogen-bond acceptors (Lipinski definition) is 4. The lowest BCUT2D eigenvalue weighted by Gasteiger charge is -2.15. The lowest BCUT2D eigenvalue weighted by Crippen LogP contribution is -2.17. The zero-order valence-corrected chi connectivity index (χ0v) is 18.5. The summed E-state index contributed by atoms with van der Waals surface area (Å²) in [5.41, 5.74) is 5.35. The number of rotatable bonds is 9. The normalized spacial score (nSPS) is 11.1. The molecule has 3 aromatic carbocycles. The van der Waals surface area contributed by atoms with Crippen LogP contribution in [0, 0.1) is 6.92 Å². The molecule has 0 radical (unpaired) electrons. The number of ether oxygens (including phenoxy) is 2. The molecule has 160 valence electrons. The molecule has 0 aliphatic carbocycles. The quantitative estimate of drug-likeness (QED) is 0.343. The van der Waals surface area contributed by atoms with Crippen molar-refractivity contribution in [1.29, 1.82) is 0 Å². The summed E-state index contributed by atoms with van der Waals surface area (Å²) < 4.78 is 11.5. The zero-order chi connectivity index (χ0) is 21.6. The molecule has 0 aliphatic rings. The molecule has 0 unspecified atom stereocenters. The van der Waals surface area contributed by atoms with Crippen molar-refractivity contribution in [2.75, 3.05) is 13.7 Å². The fourth-order valence-electron chi connectivity index (χ4n) is 3.47. The van der Waals surface area contributed by atoms with Crippen LogP contribution in [0.5, 0.6) is 11.5 Å². The summed E-state index contributed by atoms with van der Waals surface area (Å²) in [5, 5.41) is 4.08. The highest BCUT2D eigenvalue weighted by molar-refractivity contribution is 6.31. The summed E-state index contributed by atoms with van der Waals surface area (Å²) in [4.78, 5) is 7.96. The molecule has 0 aliphatic heterocycles. The van der Waals surface area contributed by atoms with E-state index in [9.17, 15) is 0 Å². The average molecular weight is 436 g/mol. The Bertz CT molecular complexity index is 1140. The van der Waals surface area contributed by atoms with E-state index in [1.807, 2.05) is 48.5 Å². The molecule has 0 saturated heterocycles. The Morgan fingerprint density at radius 2 is 1.81 bits per heavy atom. The van der Waals surface area contributed by atoms with Crippen molar-refractivity contribution >= 4 is 22.6 Å². The summed E-state index contributed by atoms with van der Waals surface area (Å²) >= 11 is 6.53. The third kappa shape index (κ3) is 5.19. The molecule has 0 saturated carbocycles. The van der Waals surface area contributed by atoms with Gasteiger partial charge in [0.05, 0.1) is 18.1 Å². The van der Waals surface area contributed by atoms with Gasteiger partial charge in [-0.25, -0.2) is 4.98 Å². The van der Waals surface area contributed by atoms with Gasteiger partial charge < -0.3 is 19.8 Å². The number of H-pyrrole nitrogens is 1. The van der Waals surface area contributed by atoms with Gasteiger partial charge in [-0.2, -0.15) is 0 Å². The van der Waals surface area contributed by atoms with Crippen LogP contribution < -0.4 is 14.8 Å². The van der Waals surface area contributed by atoms with Crippen LogP contribution >= 0.6 is 11.6 Å². The highest BCUT2D eigenvalue weighted by atomic mass is 35.5. The number of nitrogens with one attached hydrogen (secondary N) is 2. The fraction of sp³-hybridized carbons (Fsp3) is 0.240. The van der Waals surface area contributed by atoms with Crippen LogP contribution in [0.2, 0.25) is 5.02 Å². The summed E-state index contributed by atoms with van der Waals surface area (Å²) in [5.74, 6) is 2.28. The first kappa shape index (κ1) is 21.2. The standard InChI is InChI=1S/C25H26ClN3O2/c1-17-7-3-4-8-18(17)16-31-24-14-20(26)19(13-23(24)30-2)15-27-12-11-25-28-21-9-5-6-10-22(21)29-25/h3-10,13-14,27H,11-12,15-16H2,1-2H3,(H,28,29). The van der Waals surface area contributed by atoms with E-state index in [0.29, 0.717) is 29.7 Å². The number of benzene rings is 3. The third-order valence-corrected chi connectivity index (χ3v) is 5.62. The van der Waals surface area contributed by atoms with Crippen molar-refractivity contribution in [3.05, 3.63) is 88.2 Å². The number of imidazole rings is 1. The number of nitrogens with zero attached hydrogens (tertiary/aromatic N) is 1. The maximum atomic E-state index is 6.53. The van der Waals surface area contributed by atoms with Gasteiger partial charge in [0, 0.05) is 30.6 Å². The van der Waals surface area contributed by atoms with Gasteiger partial charge in [-0.15, -0.1) is 0 Å². The molecule has 2 N–H and O–H groups in total. The lowest BCUT2D eigenvalue weighted by atomic mass is 10.1. The van der Waals surface area contributed by atoms with Gasteiger partial charge in [-0.1, -0.05) is 48.0 Å². The average Bonchev–Trinajstić information content (AvgIpc) is 3.20. The van der Waals surface area contributed by atoms with E-state index >= 15 is 0 Å². The molecule has 5 nitrogen and oxygen atoms in total. The number of hydrogen-bond donors (Lipinski definition) is 2. The first-order valence-electron chi connectivity index (χ1n) is 10.3. The van der Waals surface area contributed by atoms with Crippen LogP contribution in [0.25, 0.3) is 11.0 Å². The van der Waals surface area contributed by atoms with Crippen LogP contribution in [-0.4, -0.2) is 23.6 Å². The lowest BCUT2D eigenvalue weighted by molar-refractivity contribution is 0.283. The summed E-state index contributed by atoms with van der Waals surface area (Å²) in [6.07, 6.45) is 0.807. The minimum atomic E-state index is 0.467. The predicted molar refractivity (Wildman–Crippen MR) is 125 cm³/mol. The first-order chi connectivity index (χ1) is 15.1. The molecular weight excluding hydrogens is 410 g/mol. The second kappa shape index (κ2) is 9.86. The smallest absolute Gasteiger partial charge is 0.163 e. The van der Waals surface area contributed by atoms with E-state index in [1.54, 1.807) is 7.11 Å². The van der Waals surface area contributed by atoms with Crippen LogP contribution in [-0.2, 0) is 19.6 Å². The minimum Gasteiger partial charge on any atom is -0.493 e. The number of halogens is 1. The minimum absolute atomic E-state index is 0.467. The summed E-state index contributed by atoms with van der Waals surface area (Å²) in [6.45, 7) is 3.95. The molecule has 4 rings (SSSR count). The largest absolute Gasteiger partial charge is 0.493 e. The van der Waals surface area contributed by atoms with Crippen molar-refractivity contribution in [3.8, 4) is 11.5 Å². The molecule has 0 bridgehead atoms. The molecule has 0 atom stereocenters. The van der Waals surface area contributed by atoms with Crippen LogP contribution in [0.3, 0.4) is 0 Å². The van der Waals surface area contributed by atoms with E-state index in [2.05, 4.69) is 34.3 Å². The molecule has 0 spiro atoms. The number of aromatic nitrogens is 2. The van der Waals surface area contributed by atoms with Crippen LogP contribution in [0.15, 0.2) is 60.7 Å². The number of methoxy groups -OCH3 is 1. The Labute approximate surface area is 187 Å². The summed E-state index contributed by atoms with van der Waals surface area (Å²) in [7, 11) is 1.64. The van der Waals surface area contributed by atoms with Gasteiger partial charge >= 0.3 is 0 Å². The Morgan fingerprint density at radius 3 is 2.61 bits per heavy atom. The number of para-hydroxylation sites is 2. The number of aromatic amines is 1. The molecule has 31 heavy (non-hydrogen) atoms. The van der Waals surface area contributed by atoms with Crippen molar-refractivity contribution in [1.82, 2.24) is 15.3 Å². The van der Waals surface area contributed by atoms with Crippen molar-refractivity contribution in [2.45, 2.75) is 26.5 Å². The van der Waals surface area contributed by atoms with E-state index < -0.39 is 0 Å². The van der Waals surface area contributed by atoms with Crippen molar-refractivity contribution in [3.63, 3.8) is 0 Å². The van der Waals surface area contributed by atoms with Crippen molar-refractivity contribution < 1.29 is 9.47 Å². The van der Waals surface area contributed by atoms with Gasteiger partial charge in [0.1, 0.15) is 12.4 Å². The second-order valence-corrected chi connectivity index (χ2v) is 7.84. The van der Waals surface area contributed by atoms with Gasteiger partial charge in [-0.05, 0) is 41.8 Å². The molecule has 0 amide bonds. The molecule has 0 fully saturated rings. The monoisotopic (exact) mass is 435 g/mol. The van der Waals surface area contributed by atoms with Gasteiger partial charge in [0.15, 0.2) is 11.5 Å². The van der Waals surface area contributed by atoms with E-state index in [-0.39, 0.29) is 0 Å². The molecule has 4 aromatic rings. The van der Waals surface area contributed by atoms with Crippen LogP contribution in [0.1, 0.15) is 22.5 Å². The maximum Gasteiger partial charge on any atom is 0.163 e. The fourth-order valence-corrected chi connectivity index (χ4v) is 3.69.